The van der Waals surface area contributed by atoms with Crippen molar-refractivity contribution in [2.24, 2.45) is 10.9 Å². The maximum Gasteiger partial charge on any atom is 0.306 e. The number of allylic oxidation sites excluding steroid dienone is 1. The van der Waals surface area contributed by atoms with Crippen LogP contribution in [0.1, 0.15) is 12.8 Å². The number of carbonyl (C=O) groups is 2. The lowest BCUT2D eigenvalue weighted by Gasteiger charge is -2.35. The van der Waals surface area contributed by atoms with E-state index in [-0.39, 0.29) is 12.1 Å². The summed E-state index contributed by atoms with van der Waals surface area (Å²) in [6.07, 6.45) is 5.24. The Kier molecular flexibility index (Phi) is 3.53. The van der Waals surface area contributed by atoms with E-state index < -0.39 is 5.97 Å². The highest BCUT2D eigenvalue weighted by molar-refractivity contribution is 5.79. The van der Waals surface area contributed by atoms with E-state index in [4.69, 9.17) is 5.11 Å². The van der Waals surface area contributed by atoms with Gasteiger partial charge in [0.25, 0.3) is 0 Å². The van der Waals surface area contributed by atoms with E-state index in [1.807, 2.05) is 0 Å². The maximum atomic E-state index is 10.8. The molecule has 1 atom stereocenters. The molecule has 6 heteroatoms. The van der Waals surface area contributed by atoms with Crippen LogP contribution in [0.2, 0.25) is 0 Å². The number of aliphatic imine (C=N–C) groups is 1. The van der Waals surface area contributed by atoms with Crippen molar-refractivity contribution in [3.63, 3.8) is 0 Å². The summed E-state index contributed by atoms with van der Waals surface area (Å²) in [4.78, 5) is 27.4. The van der Waals surface area contributed by atoms with Gasteiger partial charge in [0.2, 0.25) is 0 Å². The molecule has 2 heterocycles. The molecular weight excluding hydrogens is 222 g/mol. The third-order valence-corrected chi connectivity index (χ3v) is 3.16. The summed E-state index contributed by atoms with van der Waals surface area (Å²) in [5, 5.41) is 12.0. The molecule has 0 spiro atoms. The van der Waals surface area contributed by atoms with Gasteiger partial charge in [-0.3, -0.25) is 19.5 Å². The van der Waals surface area contributed by atoms with Crippen molar-refractivity contribution in [3.8, 4) is 0 Å². The Bertz CT molecular complexity index is 370. The Balaban J connectivity index is 1.86. The van der Waals surface area contributed by atoms with Crippen LogP contribution in [0.5, 0.6) is 0 Å². The molecule has 1 saturated heterocycles. The fourth-order valence-electron chi connectivity index (χ4n) is 2.10. The number of hydrogen-bond donors (Lipinski definition) is 2. The summed E-state index contributed by atoms with van der Waals surface area (Å²) in [5.41, 5.74) is 0.377. The molecule has 6 nitrogen and oxygen atoms in total. The van der Waals surface area contributed by atoms with Crippen LogP contribution < -0.4 is 5.32 Å². The molecular formula is C11H15N3O3. The molecule has 0 bridgehead atoms. The van der Waals surface area contributed by atoms with Gasteiger partial charge in [0, 0.05) is 25.5 Å². The minimum absolute atomic E-state index is 0.0338. The number of piperidine rings is 1. The highest BCUT2D eigenvalue weighted by atomic mass is 16.4. The van der Waals surface area contributed by atoms with Crippen molar-refractivity contribution in [2.45, 2.75) is 19.0 Å². The third kappa shape index (κ3) is 2.71. The molecule has 0 aromatic carbocycles. The lowest BCUT2D eigenvalue weighted by molar-refractivity contribution is -0.143. The first-order chi connectivity index (χ1) is 8.20. The molecule has 0 amide bonds. The largest absolute Gasteiger partial charge is 0.481 e. The van der Waals surface area contributed by atoms with Gasteiger partial charge in [-0.1, -0.05) is 0 Å². The molecule has 1 fully saturated rings. The lowest BCUT2D eigenvalue weighted by atomic mass is 9.97. The molecule has 92 valence electrons. The van der Waals surface area contributed by atoms with Crippen LogP contribution in [0.3, 0.4) is 0 Å². The fraction of sp³-hybridized carbons (Fsp3) is 0.545. The number of rotatable bonds is 3. The van der Waals surface area contributed by atoms with E-state index in [0.29, 0.717) is 24.8 Å². The number of aliphatic carboxylic acids is 1. The van der Waals surface area contributed by atoms with Gasteiger partial charge < -0.3 is 10.4 Å². The van der Waals surface area contributed by atoms with Crippen molar-refractivity contribution >= 4 is 18.5 Å². The minimum atomic E-state index is -0.710. The zero-order chi connectivity index (χ0) is 12.3. The lowest BCUT2D eigenvalue weighted by Crippen LogP contribution is -2.50. The molecule has 2 N–H and O–H groups in total. The number of carboxylic acids is 1. The molecule has 0 radical (unpaired) electrons. The second-order valence-electron chi connectivity index (χ2n) is 4.23. The predicted octanol–water partition coefficient (Wildman–Crippen LogP) is -0.177. The molecule has 1 unspecified atom stereocenters. The van der Waals surface area contributed by atoms with Crippen LogP contribution in [-0.4, -0.2) is 47.7 Å². The molecule has 0 aliphatic carbocycles. The quantitative estimate of drug-likeness (QED) is 0.666. The van der Waals surface area contributed by atoms with E-state index in [1.54, 1.807) is 12.4 Å². The Morgan fingerprint density at radius 1 is 1.53 bits per heavy atom. The van der Waals surface area contributed by atoms with Crippen LogP contribution >= 0.6 is 0 Å². The number of hydrogen-bond acceptors (Lipinski definition) is 5. The standard InChI is InChI=1S/C11H15N3O3/c15-7-9-5-13-10(6-12-9)14-3-1-8(2-4-14)11(16)17/h5-8,10,13H,1-4H2,(H,16,17). The zero-order valence-electron chi connectivity index (χ0n) is 9.37. The summed E-state index contributed by atoms with van der Waals surface area (Å²) in [6.45, 7) is 1.45. The maximum absolute atomic E-state index is 10.8. The Hall–Kier alpha value is -1.69. The number of carboxylic acid groups (broad SMARTS) is 1. The highest BCUT2D eigenvalue weighted by Crippen LogP contribution is 2.18. The van der Waals surface area contributed by atoms with Crippen LogP contribution in [-0.2, 0) is 9.59 Å². The zero-order valence-corrected chi connectivity index (χ0v) is 9.37. The average Bonchev–Trinajstić information content (AvgIpc) is 2.39. The van der Waals surface area contributed by atoms with Crippen LogP contribution in [0.25, 0.3) is 0 Å². The van der Waals surface area contributed by atoms with Gasteiger partial charge in [0.15, 0.2) is 6.29 Å². The number of aldehydes is 1. The second-order valence-corrected chi connectivity index (χ2v) is 4.23. The smallest absolute Gasteiger partial charge is 0.306 e. The summed E-state index contributed by atoms with van der Waals surface area (Å²) in [6, 6.07) is 0. The Morgan fingerprint density at radius 2 is 2.24 bits per heavy atom. The fourth-order valence-corrected chi connectivity index (χ4v) is 2.10. The molecule has 2 rings (SSSR count). The molecule has 2 aliphatic heterocycles. The Morgan fingerprint density at radius 3 is 2.71 bits per heavy atom. The van der Waals surface area contributed by atoms with E-state index >= 15 is 0 Å². The minimum Gasteiger partial charge on any atom is -0.481 e. The Labute approximate surface area is 99.0 Å². The molecule has 0 aromatic rings. The number of nitrogens with one attached hydrogen (secondary N) is 1. The summed E-state index contributed by atoms with van der Waals surface area (Å²) < 4.78 is 0. The molecule has 0 saturated carbocycles. The van der Waals surface area contributed by atoms with Crippen molar-refractivity contribution in [2.75, 3.05) is 13.1 Å². The van der Waals surface area contributed by atoms with E-state index in [1.165, 1.54) is 0 Å². The summed E-state index contributed by atoms with van der Waals surface area (Å²) in [7, 11) is 0. The summed E-state index contributed by atoms with van der Waals surface area (Å²) in [5.74, 6) is -0.939. The van der Waals surface area contributed by atoms with Gasteiger partial charge in [0.05, 0.1) is 5.92 Å². The van der Waals surface area contributed by atoms with Crippen LogP contribution in [0, 0.1) is 5.92 Å². The predicted molar refractivity (Wildman–Crippen MR) is 61.5 cm³/mol. The van der Waals surface area contributed by atoms with E-state index in [9.17, 15) is 9.59 Å². The topological polar surface area (TPSA) is 82.0 Å². The van der Waals surface area contributed by atoms with E-state index in [2.05, 4.69) is 15.2 Å². The first kappa shape index (κ1) is 11.8. The number of carbonyl (C=O) groups excluding carboxylic acids is 1. The SMILES string of the molecule is O=CC1=CNC(N2CCC(C(=O)O)CC2)C=N1. The summed E-state index contributed by atoms with van der Waals surface area (Å²) >= 11 is 0. The second kappa shape index (κ2) is 5.09. The number of likely N-dealkylation sites (tertiary alicyclic amines) is 1. The van der Waals surface area contributed by atoms with Crippen molar-refractivity contribution < 1.29 is 14.7 Å². The average molecular weight is 237 g/mol. The van der Waals surface area contributed by atoms with Crippen LogP contribution in [0.15, 0.2) is 16.9 Å². The van der Waals surface area contributed by atoms with Gasteiger partial charge >= 0.3 is 5.97 Å². The van der Waals surface area contributed by atoms with Gasteiger partial charge in [-0.05, 0) is 12.8 Å². The van der Waals surface area contributed by atoms with Gasteiger partial charge in [-0.2, -0.15) is 0 Å². The number of nitrogens with zero attached hydrogens (tertiary/aromatic N) is 2. The first-order valence-corrected chi connectivity index (χ1v) is 5.63. The molecule has 2 aliphatic rings. The van der Waals surface area contributed by atoms with Crippen molar-refractivity contribution in [1.29, 1.82) is 0 Å². The molecule has 17 heavy (non-hydrogen) atoms. The monoisotopic (exact) mass is 237 g/mol. The first-order valence-electron chi connectivity index (χ1n) is 5.63. The molecule has 0 aromatic heterocycles. The van der Waals surface area contributed by atoms with Gasteiger partial charge in [0.1, 0.15) is 11.9 Å². The normalized spacial score (nSPS) is 26.1. The third-order valence-electron chi connectivity index (χ3n) is 3.16. The van der Waals surface area contributed by atoms with Gasteiger partial charge in [-0.15, -0.1) is 0 Å². The van der Waals surface area contributed by atoms with E-state index in [0.717, 1.165) is 13.1 Å². The van der Waals surface area contributed by atoms with Crippen molar-refractivity contribution in [3.05, 3.63) is 11.9 Å². The van der Waals surface area contributed by atoms with Gasteiger partial charge in [-0.25, -0.2) is 0 Å². The van der Waals surface area contributed by atoms with Crippen LogP contribution in [0.4, 0.5) is 0 Å². The highest BCUT2D eigenvalue weighted by Gasteiger charge is 2.28. The van der Waals surface area contributed by atoms with Crippen molar-refractivity contribution in [1.82, 2.24) is 10.2 Å².